The van der Waals surface area contributed by atoms with Gasteiger partial charge in [-0.2, -0.15) is 0 Å². The molecule has 4 rings (SSSR count). The van der Waals surface area contributed by atoms with Gasteiger partial charge >= 0.3 is 5.97 Å². The van der Waals surface area contributed by atoms with Gasteiger partial charge in [-0.25, -0.2) is 13.2 Å². The first-order valence-electron chi connectivity index (χ1n) is 11.3. The van der Waals surface area contributed by atoms with Crippen LogP contribution in [0.2, 0.25) is 5.02 Å². The van der Waals surface area contributed by atoms with E-state index in [0.29, 0.717) is 43.2 Å². The van der Waals surface area contributed by atoms with Crippen molar-refractivity contribution >= 4 is 44.8 Å². The zero-order valence-corrected chi connectivity index (χ0v) is 21.1. The van der Waals surface area contributed by atoms with Gasteiger partial charge in [0.15, 0.2) is 6.10 Å². The van der Waals surface area contributed by atoms with Gasteiger partial charge < -0.3 is 14.4 Å². The molecule has 8 nitrogen and oxygen atoms in total. The van der Waals surface area contributed by atoms with Gasteiger partial charge in [0.25, 0.3) is 10.0 Å². The molecule has 1 fully saturated rings. The summed E-state index contributed by atoms with van der Waals surface area (Å²) in [4.78, 5) is 27.0. The Labute approximate surface area is 214 Å². The first-order chi connectivity index (χ1) is 17.3. The Hall–Kier alpha value is -3.40. The molecule has 0 amide bonds. The van der Waals surface area contributed by atoms with Gasteiger partial charge in [0.05, 0.1) is 35.2 Å². The molecule has 0 aliphatic carbocycles. The number of ether oxygens (including phenoxy) is 2. The lowest BCUT2D eigenvalue weighted by Gasteiger charge is -2.30. The highest BCUT2D eigenvalue weighted by Gasteiger charge is 2.25. The largest absolute Gasteiger partial charge is 0.451 e. The van der Waals surface area contributed by atoms with Crippen molar-refractivity contribution in [3.05, 3.63) is 88.9 Å². The average Bonchev–Trinajstić information content (AvgIpc) is 2.89. The molecule has 1 unspecified atom stereocenters. The lowest BCUT2D eigenvalue weighted by atomic mass is 10.1. The number of rotatable bonds is 8. The van der Waals surface area contributed by atoms with E-state index in [9.17, 15) is 18.0 Å². The summed E-state index contributed by atoms with van der Waals surface area (Å²) in [5, 5.41) is -0.0590. The third kappa shape index (κ3) is 5.87. The number of nitrogens with one attached hydrogen (secondary N) is 1. The molecule has 1 saturated heterocycles. The van der Waals surface area contributed by atoms with E-state index in [1.165, 1.54) is 19.1 Å². The molecule has 1 heterocycles. The number of morpholine rings is 1. The highest BCUT2D eigenvalue weighted by molar-refractivity contribution is 7.92. The Kier molecular flexibility index (Phi) is 7.93. The number of sulfonamides is 1. The maximum atomic E-state index is 13.3. The minimum Gasteiger partial charge on any atom is -0.451 e. The predicted molar refractivity (Wildman–Crippen MR) is 137 cm³/mol. The molecule has 1 aliphatic rings. The second kappa shape index (κ2) is 11.1. The van der Waals surface area contributed by atoms with E-state index in [4.69, 9.17) is 21.1 Å². The molecule has 0 saturated carbocycles. The lowest BCUT2D eigenvalue weighted by molar-refractivity contribution is 0.0318. The van der Waals surface area contributed by atoms with E-state index in [1.54, 1.807) is 42.5 Å². The summed E-state index contributed by atoms with van der Waals surface area (Å²) in [6.45, 7) is 3.80. The lowest BCUT2D eigenvalue weighted by Crippen LogP contribution is -2.36. The summed E-state index contributed by atoms with van der Waals surface area (Å²) >= 11 is 6.22. The number of para-hydroxylation sites is 2. The van der Waals surface area contributed by atoms with Gasteiger partial charge in [0, 0.05) is 18.7 Å². The van der Waals surface area contributed by atoms with E-state index in [-0.39, 0.29) is 21.3 Å². The van der Waals surface area contributed by atoms with Gasteiger partial charge in [-0.1, -0.05) is 54.1 Å². The minimum absolute atomic E-state index is 0.0473. The number of benzene rings is 3. The molecule has 188 valence electrons. The van der Waals surface area contributed by atoms with E-state index >= 15 is 0 Å². The van der Waals surface area contributed by atoms with Gasteiger partial charge in [-0.05, 0) is 37.3 Å². The van der Waals surface area contributed by atoms with E-state index in [1.807, 2.05) is 17.0 Å². The minimum atomic E-state index is -4.16. The molecule has 1 N–H and O–H groups in total. The maximum Gasteiger partial charge on any atom is 0.338 e. The number of Topliss-reactive ketones (excluding diaryl/α,β-unsaturated/α-hetero) is 1. The standard InChI is InChI=1S/C26H25ClN2O6S/c1-18(25(30)19-7-3-2-4-8-19)35-26(31)20-11-12-21(27)24(17-20)36(32,33)28-22-9-5-6-10-23(22)29-13-15-34-16-14-29/h2-12,17-18,28H,13-16H2,1H3. The third-order valence-corrected chi connectivity index (χ3v) is 7.51. The molecule has 0 bridgehead atoms. The molecule has 0 radical (unpaired) electrons. The van der Waals surface area contributed by atoms with Crippen molar-refractivity contribution in [2.24, 2.45) is 0 Å². The number of carbonyl (C=O) groups excluding carboxylic acids is 2. The van der Waals surface area contributed by atoms with Crippen LogP contribution in [0.1, 0.15) is 27.6 Å². The zero-order chi connectivity index (χ0) is 25.7. The van der Waals surface area contributed by atoms with Crippen LogP contribution in [0.3, 0.4) is 0 Å². The fourth-order valence-corrected chi connectivity index (χ4v) is 5.40. The van der Waals surface area contributed by atoms with Gasteiger partial charge in [0.2, 0.25) is 5.78 Å². The Bertz CT molecular complexity index is 1360. The zero-order valence-electron chi connectivity index (χ0n) is 19.5. The monoisotopic (exact) mass is 528 g/mol. The Morgan fingerprint density at radius 1 is 0.972 bits per heavy atom. The van der Waals surface area contributed by atoms with Crippen molar-refractivity contribution in [3.63, 3.8) is 0 Å². The number of nitrogens with zero attached hydrogens (tertiary/aromatic N) is 1. The van der Waals surface area contributed by atoms with Crippen molar-refractivity contribution in [3.8, 4) is 0 Å². The molecule has 1 atom stereocenters. The molecule has 0 spiro atoms. The third-order valence-electron chi connectivity index (χ3n) is 5.67. The van der Waals surface area contributed by atoms with E-state index in [2.05, 4.69) is 4.72 Å². The van der Waals surface area contributed by atoms with Crippen molar-refractivity contribution in [2.45, 2.75) is 17.9 Å². The smallest absolute Gasteiger partial charge is 0.338 e. The summed E-state index contributed by atoms with van der Waals surface area (Å²) in [5.74, 6) is -1.21. The Morgan fingerprint density at radius 3 is 2.36 bits per heavy atom. The normalized spacial score (nSPS) is 14.7. The van der Waals surface area contributed by atoms with Crippen molar-refractivity contribution in [1.29, 1.82) is 0 Å². The molecule has 36 heavy (non-hydrogen) atoms. The van der Waals surface area contributed by atoms with Crippen LogP contribution in [0, 0.1) is 0 Å². The molecular formula is C26H25ClN2O6S. The first kappa shape index (κ1) is 25.7. The van der Waals surface area contributed by atoms with Crippen LogP contribution in [0.5, 0.6) is 0 Å². The van der Waals surface area contributed by atoms with Crippen LogP contribution < -0.4 is 9.62 Å². The van der Waals surface area contributed by atoms with Crippen LogP contribution >= 0.6 is 11.6 Å². The molecular weight excluding hydrogens is 504 g/mol. The number of esters is 1. The highest BCUT2D eigenvalue weighted by Crippen LogP contribution is 2.31. The fourth-order valence-electron chi connectivity index (χ4n) is 3.80. The topological polar surface area (TPSA) is 102 Å². The number of ketones is 1. The first-order valence-corrected chi connectivity index (χ1v) is 13.2. The van der Waals surface area contributed by atoms with Crippen LogP contribution in [-0.2, 0) is 19.5 Å². The molecule has 10 heteroatoms. The number of hydrogen-bond acceptors (Lipinski definition) is 7. The SMILES string of the molecule is CC(OC(=O)c1ccc(Cl)c(S(=O)(=O)Nc2ccccc2N2CCOCC2)c1)C(=O)c1ccccc1. The number of carbonyl (C=O) groups is 2. The Morgan fingerprint density at radius 2 is 1.64 bits per heavy atom. The molecule has 3 aromatic carbocycles. The van der Waals surface area contributed by atoms with Gasteiger partial charge in [-0.3, -0.25) is 9.52 Å². The molecule has 1 aliphatic heterocycles. The van der Waals surface area contributed by atoms with E-state index < -0.39 is 22.1 Å². The van der Waals surface area contributed by atoms with Crippen molar-refractivity contribution in [2.75, 3.05) is 35.9 Å². The maximum absolute atomic E-state index is 13.3. The van der Waals surface area contributed by atoms with Crippen LogP contribution in [0.4, 0.5) is 11.4 Å². The number of halogens is 1. The summed E-state index contributed by atoms with van der Waals surface area (Å²) in [6.07, 6.45) is -1.06. The summed E-state index contributed by atoms with van der Waals surface area (Å²) in [6, 6.07) is 19.3. The van der Waals surface area contributed by atoms with Crippen LogP contribution in [0.15, 0.2) is 77.7 Å². The average molecular weight is 529 g/mol. The number of hydrogen-bond donors (Lipinski definition) is 1. The van der Waals surface area contributed by atoms with Crippen LogP contribution in [-0.4, -0.2) is 52.6 Å². The quantitative estimate of drug-likeness (QED) is 0.341. The van der Waals surface area contributed by atoms with Crippen LogP contribution in [0.25, 0.3) is 0 Å². The summed E-state index contributed by atoms with van der Waals surface area (Å²) in [7, 11) is -4.16. The van der Waals surface area contributed by atoms with Crippen molar-refractivity contribution in [1.82, 2.24) is 0 Å². The van der Waals surface area contributed by atoms with Crippen molar-refractivity contribution < 1.29 is 27.5 Å². The second-order valence-electron chi connectivity index (χ2n) is 8.15. The number of anilines is 2. The second-order valence-corrected chi connectivity index (χ2v) is 10.2. The van der Waals surface area contributed by atoms with Gasteiger partial charge in [0.1, 0.15) is 4.90 Å². The Balaban J connectivity index is 1.55. The predicted octanol–water partition coefficient (Wildman–Crippen LogP) is 4.41. The fraction of sp³-hybridized carbons (Fsp3) is 0.231. The molecule has 3 aromatic rings. The van der Waals surface area contributed by atoms with E-state index in [0.717, 1.165) is 6.07 Å². The highest BCUT2D eigenvalue weighted by atomic mass is 35.5. The van der Waals surface area contributed by atoms with Gasteiger partial charge in [-0.15, -0.1) is 0 Å². The summed E-state index contributed by atoms with van der Waals surface area (Å²) < 4.78 is 39.9. The molecule has 0 aromatic heterocycles. The summed E-state index contributed by atoms with van der Waals surface area (Å²) in [5.41, 5.74) is 1.45.